The number of aryl methyl sites for hydroxylation is 1. The zero-order chi connectivity index (χ0) is 13.1. The first-order valence-corrected chi connectivity index (χ1v) is 6.16. The van der Waals surface area contributed by atoms with Crippen molar-refractivity contribution in [2.75, 3.05) is 11.1 Å². The van der Waals surface area contributed by atoms with Gasteiger partial charge in [-0.2, -0.15) is 0 Å². The molecule has 2 rings (SSSR count). The maximum atomic E-state index is 12.1. The Labute approximate surface area is 113 Å². The molecule has 0 radical (unpaired) electrons. The molecule has 18 heavy (non-hydrogen) atoms. The fourth-order valence-corrected chi connectivity index (χ4v) is 1.98. The van der Waals surface area contributed by atoms with Crippen LogP contribution < -0.4 is 11.1 Å². The van der Waals surface area contributed by atoms with Crippen molar-refractivity contribution in [2.24, 2.45) is 0 Å². The molecule has 1 amide bonds. The van der Waals surface area contributed by atoms with Crippen LogP contribution in [0.2, 0.25) is 0 Å². The van der Waals surface area contributed by atoms with E-state index in [1.54, 1.807) is 36.5 Å². The Morgan fingerprint density at radius 2 is 2.11 bits per heavy atom. The maximum Gasteiger partial charge on any atom is 0.256 e. The molecule has 0 bridgehead atoms. The number of aromatic nitrogens is 1. The summed E-state index contributed by atoms with van der Waals surface area (Å²) in [6, 6.07) is 8.76. The molecule has 0 aliphatic carbocycles. The molecule has 0 atom stereocenters. The topological polar surface area (TPSA) is 68.0 Å². The highest BCUT2D eigenvalue weighted by Crippen LogP contribution is 2.24. The van der Waals surface area contributed by atoms with Gasteiger partial charge in [0.15, 0.2) is 0 Å². The number of rotatable bonds is 2. The Kier molecular flexibility index (Phi) is 3.62. The number of carbonyl (C=O) groups excluding carboxylic acids is 1. The largest absolute Gasteiger partial charge is 0.398 e. The van der Waals surface area contributed by atoms with E-state index in [0.29, 0.717) is 21.4 Å². The van der Waals surface area contributed by atoms with Gasteiger partial charge in [-0.3, -0.25) is 9.78 Å². The quantitative estimate of drug-likeness (QED) is 0.838. The Hall–Kier alpha value is -1.88. The predicted octanol–water partition coefficient (Wildman–Crippen LogP) is 2.99. The van der Waals surface area contributed by atoms with E-state index >= 15 is 0 Å². The van der Waals surface area contributed by atoms with Gasteiger partial charge in [-0.25, -0.2) is 0 Å². The van der Waals surface area contributed by atoms with E-state index < -0.39 is 0 Å². The summed E-state index contributed by atoms with van der Waals surface area (Å²) in [7, 11) is 0. The van der Waals surface area contributed by atoms with E-state index in [0.717, 1.165) is 5.69 Å². The second kappa shape index (κ2) is 5.18. The molecule has 0 spiro atoms. The summed E-state index contributed by atoms with van der Waals surface area (Å²) in [5.74, 6) is -0.217. The zero-order valence-electron chi connectivity index (χ0n) is 9.77. The van der Waals surface area contributed by atoms with Gasteiger partial charge >= 0.3 is 0 Å². The van der Waals surface area contributed by atoms with Crippen molar-refractivity contribution in [1.82, 2.24) is 4.98 Å². The van der Waals surface area contributed by atoms with Crippen molar-refractivity contribution in [2.45, 2.75) is 6.92 Å². The first-order chi connectivity index (χ1) is 8.59. The van der Waals surface area contributed by atoms with E-state index in [1.165, 1.54) is 0 Å². The lowest BCUT2D eigenvalue weighted by Crippen LogP contribution is -2.14. The number of benzene rings is 1. The molecule has 3 N–H and O–H groups in total. The molecule has 4 nitrogen and oxygen atoms in total. The third-order valence-corrected chi connectivity index (χ3v) is 3.41. The molecule has 5 heteroatoms. The van der Waals surface area contributed by atoms with Gasteiger partial charge in [0.25, 0.3) is 5.91 Å². The van der Waals surface area contributed by atoms with Gasteiger partial charge in [0.1, 0.15) is 0 Å². The summed E-state index contributed by atoms with van der Waals surface area (Å²) in [5, 5.41) is 2.81. The van der Waals surface area contributed by atoms with Gasteiger partial charge in [-0.1, -0.05) is 6.07 Å². The predicted molar refractivity (Wildman–Crippen MR) is 75.5 cm³/mol. The van der Waals surface area contributed by atoms with E-state index in [2.05, 4.69) is 26.2 Å². The van der Waals surface area contributed by atoms with Crippen LogP contribution in [0, 0.1) is 6.92 Å². The van der Waals surface area contributed by atoms with Crippen LogP contribution in [0.1, 0.15) is 16.1 Å². The van der Waals surface area contributed by atoms with E-state index in [1.807, 2.05) is 6.92 Å². The standard InChI is InChI=1S/C13H12BrN3O/c1-8-11(6-3-7-16-8)17-13(18)9-4-2-5-10(15)12(9)14/h2-7H,15H2,1H3,(H,17,18). The number of anilines is 2. The van der Waals surface area contributed by atoms with Gasteiger partial charge in [0.05, 0.1) is 21.4 Å². The molecule has 1 aromatic carbocycles. The van der Waals surface area contributed by atoms with Crippen LogP contribution in [0.15, 0.2) is 41.0 Å². The Morgan fingerprint density at radius 3 is 2.83 bits per heavy atom. The third kappa shape index (κ3) is 2.51. The average Bonchev–Trinajstić information content (AvgIpc) is 2.35. The molecule has 0 saturated carbocycles. The lowest BCUT2D eigenvalue weighted by molar-refractivity contribution is 0.102. The van der Waals surface area contributed by atoms with Crippen LogP contribution in [0.5, 0.6) is 0 Å². The first-order valence-electron chi connectivity index (χ1n) is 5.36. The minimum Gasteiger partial charge on any atom is -0.398 e. The van der Waals surface area contributed by atoms with Crippen molar-refractivity contribution < 1.29 is 4.79 Å². The Morgan fingerprint density at radius 1 is 1.33 bits per heavy atom. The highest BCUT2D eigenvalue weighted by molar-refractivity contribution is 9.10. The van der Waals surface area contributed by atoms with Gasteiger partial charge in [0, 0.05) is 11.9 Å². The fourth-order valence-electron chi connectivity index (χ4n) is 1.53. The van der Waals surface area contributed by atoms with E-state index in [9.17, 15) is 4.79 Å². The monoisotopic (exact) mass is 305 g/mol. The molecule has 1 heterocycles. The second-order valence-corrected chi connectivity index (χ2v) is 4.59. The molecule has 2 aromatic rings. The lowest BCUT2D eigenvalue weighted by atomic mass is 10.2. The van der Waals surface area contributed by atoms with Gasteiger partial charge in [-0.05, 0) is 47.1 Å². The zero-order valence-corrected chi connectivity index (χ0v) is 11.4. The summed E-state index contributed by atoms with van der Waals surface area (Å²) >= 11 is 3.31. The molecule has 0 saturated heterocycles. The summed E-state index contributed by atoms with van der Waals surface area (Å²) < 4.78 is 0.601. The minimum absolute atomic E-state index is 0.217. The van der Waals surface area contributed by atoms with Crippen molar-refractivity contribution in [3.8, 4) is 0 Å². The molecule has 0 aliphatic heterocycles. The Balaban J connectivity index is 2.28. The normalized spacial score (nSPS) is 10.1. The number of halogens is 1. The van der Waals surface area contributed by atoms with E-state index in [4.69, 9.17) is 5.73 Å². The number of hydrogen-bond donors (Lipinski definition) is 2. The van der Waals surface area contributed by atoms with Crippen molar-refractivity contribution in [3.63, 3.8) is 0 Å². The summed E-state index contributed by atoms with van der Waals surface area (Å²) in [6.45, 7) is 1.84. The molecular weight excluding hydrogens is 294 g/mol. The molecule has 92 valence electrons. The third-order valence-electron chi connectivity index (χ3n) is 2.53. The smallest absolute Gasteiger partial charge is 0.256 e. The SMILES string of the molecule is Cc1ncccc1NC(=O)c1cccc(N)c1Br. The van der Waals surface area contributed by atoms with Crippen LogP contribution in [-0.4, -0.2) is 10.9 Å². The minimum atomic E-state index is -0.217. The summed E-state index contributed by atoms with van der Waals surface area (Å²) in [6.07, 6.45) is 1.68. The molecule has 0 unspecified atom stereocenters. The number of hydrogen-bond acceptors (Lipinski definition) is 3. The molecule has 0 aliphatic rings. The highest BCUT2D eigenvalue weighted by Gasteiger charge is 2.12. The maximum absolute atomic E-state index is 12.1. The number of amides is 1. The van der Waals surface area contributed by atoms with E-state index in [-0.39, 0.29) is 5.91 Å². The summed E-state index contributed by atoms with van der Waals surface area (Å²) in [4.78, 5) is 16.2. The number of nitrogen functional groups attached to an aromatic ring is 1. The summed E-state index contributed by atoms with van der Waals surface area (Å²) in [5.41, 5.74) is 8.23. The second-order valence-electron chi connectivity index (χ2n) is 3.80. The lowest BCUT2D eigenvalue weighted by Gasteiger charge is -2.09. The fraction of sp³-hybridized carbons (Fsp3) is 0.0769. The number of carbonyl (C=O) groups is 1. The van der Waals surface area contributed by atoms with Crippen molar-refractivity contribution in [1.29, 1.82) is 0 Å². The van der Waals surface area contributed by atoms with Gasteiger partial charge < -0.3 is 11.1 Å². The van der Waals surface area contributed by atoms with Gasteiger partial charge in [0.2, 0.25) is 0 Å². The van der Waals surface area contributed by atoms with Crippen molar-refractivity contribution in [3.05, 3.63) is 52.3 Å². The number of nitrogens with two attached hydrogens (primary N) is 1. The number of nitrogens with one attached hydrogen (secondary N) is 1. The van der Waals surface area contributed by atoms with Crippen LogP contribution in [-0.2, 0) is 0 Å². The van der Waals surface area contributed by atoms with Crippen LogP contribution in [0.4, 0.5) is 11.4 Å². The van der Waals surface area contributed by atoms with Crippen LogP contribution in [0.3, 0.4) is 0 Å². The molecule has 0 fully saturated rings. The first kappa shape index (κ1) is 12.6. The van der Waals surface area contributed by atoms with Crippen LogP contribution >= 0.6 is 15.9 Å². The van der Waals surface area contributed by atoms with Crippen LogP contribution in [0.25, 0.3) is 0 Å². The van der Waals surface area contributed by atoms with Gasteiger partial charge in [-0.15, -0.1) is 0 Å². The molecule has 1 aromatic heterocycles. The van der Waals surface area contributed by atoms with Crippen molar-refractivity contribution >= 4 is 33.2 Å². The number of pyridine rings is 1. The Bertz CT molecular complexity index is 599. The number of nitrogens with zero attached hydrogens (tertiary/aromatic N) is 1. The highest BCUT2D eigenvalue weighted by atomic mass is 79.9. The molecular formula is C13H12BrN3O. The average molecular weight is 306 g/mol.